The first-order valence-corrected chi connectivity index (χ1v) is 13.8. The summed E-state index contributed by atoms with van der Waals surface area (Å²) in [4.78, 5) is 52.6. The Labute approximate surface area is 218 Å². The molecule has 0 saturated carbocycles. The van der Waals surface area contributed by atoms with Gasteiger partial charge in [-0.05, 0) is 47.9 Å². The van der Waals surface area contributed by atoms with Gasteiger partial charge in [0.2, 0.25) is 0 Å². The van der Waals surface area contributed by atoms with Gasteiger partial charge in [-0.3, -0.25) is 14.4 Å². The standard InChI is InChI=1S/C28H26N2O4S2/c1-4-25(32)21-15-24(18-9-11-19(35-2)12-10-18)30(28(34)22(21)16-29)17-23(26(33)13-14-31)20-7-5-6-8-27(20)36-3/h5-12,14-15,23H,4,13,17H2,1-3H3. The lowest BCUT2D eigenvalue weighted by atomic mass is 9.92. The third kappa shape index (κ3) is 5.69. The average molecular weight is 519 g/mol. The van der Waals surface area contributed by atoms with Crippen molar-refractivity contribution in [2.45, 2.75) is 42.0 Å². The maximum atomic E-state index is 13.7. The Balaban J connectivity index is 2.31. The molecule has 0 bridgehead atoms. The highest BCUT2D eigenvalue weighted by Crippen LogP contribution is 2.32. The number of aromatic nitrogens is 1. The van der Waals surface area contributed by atoms with E-state index in [0.29, 0.717) is 23.1 Å². The molecular weight excluding hydrogens is 492 g/mol. The number of carbonyl (C=O) groups excluding carboxylic acids is 3. The van der Waals surface area contributed by atoms with Crippen molar-refractivity contribution in [2.24, 2.45) is 0 Å². The van der Waals surface area contributed by atoms with Crippen molar-refractivity contribution in [1.29, 1.82) is 5.26 Å². The van der Waals surface area contributed by atoms with E-state index in [9.17, 15) is 24.4 Å². The fourth-order valence-electron chi connectivity index (χ4n) is 4.08. The van der Waals surface area contributed by atoms with Crippen molar-refractivity contribution in [3.8, 4) is 17.3 Å². The molecule has 0 aliphatic carbocycles. The van der Waals surface area contributed by atoms with Crippen molar-refractivity contribution in [3.63, 3.8) is 0 Å². The van der Waals surface area contributed by atoms with E-state index in [4.69, 9.17) is 0 Å². The molecule has 8 heteroatoms. The van der Waals surface area contributed by atoms with Crippen molar-refractivity contribution in [2.75, 3.05) is 12.5 Å². The number of nitriles is 1. The Morgan fingerprint density at radius 3 is 2.36 bits per heavy atom. The van der Waals surface area contributed by atoms with E-state index in [1.165, 1.54) is 16.3 Å². The molecule has 1 heterocycles. The Bertz CT molecular complexity index is 1390. The van der Waals surface area contributed by atoms with Gasteiger partial charge < -0.3 is 9.36 Å². The first-order valence-electron chi connectivity index (χ1n) is 11.3. The summed E-state index contributed by atoms with van der Waals surface area (Å²) in [5.41, 5.74) is 1.02. The van der Waals surface area contributed by atoms with Crippen molar-refractivity contribution in [1.82, 2.24) is 4.57 Å². The molecule has 0 saturated heterocycles. The first-order chi connectivity index (χ1) is 17.4. The molecule has 3 rings (SSSR count). The van der Waals surface area contributed by atoms with Crippen LogP contribution in [0.2, 0.25) is 0 Å². The molecule has 0 radical (unpaired) electrons. The van der Waals surface area contributed by atoms with Crippen LogP contribution >= 0.6 is 23.5 Å². The normalized spacial score (nSPS) is 11.5. The summed E-state index contributed by atoms with van der Waals surface area (Å²) in [5.74, 6) is -1.42. The molecular formula is C28H26N2O4S2. The van der Waals surface area contributed by atoms with Crippen LogP contribution in [0.5, 0.6) is 0 Å². The Kier molecular flexibility index (Phi) is 9.45. The van der Waals surface area contributed by atoms with Gasteiger partial charge in [-0.25, -0.2) is 0 Å². The molecule has 0 spiro atoms. The van der Waals surface area contributed by atoms with Crippen LogP contribution in [0.25, 0.3) is 11.3 Å². The summed E-state index contributed by atoms with van der Waals surface area (Å²) in [6, 6.07) is 18.4. The summed E-state index contributed by atoms with van der Waals surface area (Å²) in [6.45, 7) is 1.60. The predicted molar refractivity (Wildman–Crippen MR) is 144 cm³/mol. The van der Waals surface area contributed by atoms with Crippen LogP contribution in [-0.2, 0) is 16.1 Å². The van der Waals surface area contributed by atoms with E-state index in [1.807, 2.05) is 67.1 Å². The molecule has 1 atom stereocenters. The van der Waals surface area contributed by atoms with Crippen LogP contribution in [0.1, 0.15) is 47.2 Å². The van der Waals surface area contributed by atoms with E-state index in [1.54, 1.807) is 24.8 Å². The van der Waals surface area contributed by atoms with Crippen LogP contribution in [0, 0.1) is 11.3 Å². The molecule has 6 nitrogen and oxygen atoms in total. The molecule has 0 aliphatic heterocycles. The molecule has 184 valence electrons. The molecule has 1 unspecified atom stereocenters. The quantitative estimate of drug-likeness (QED) is 0.146. The maximum Gasteiger partial charge on any atom is 0.269 e. The Morgan fingerprint density at radius 1 is 1.08 bits per heavy atom. The summed E-state index contributed by atoms with van der Waals surface area (Å²) < 4.78 is 1.39. The molecule has 36 heavy (non-hydrogen) atoms. The molecule has 0 N–H and O–H groups in total. The minimum Gasteiger partial charge on any atom is -0.306 e. The number of ketones is 2. The van der Waals surface area contributed by atoms with Gasteiger partial charge in [-0.1, -0.05) is 37.3 Å². The third-order valence-electron chi connectivity index (χ3n) is 5.97. The second-order valence-electron chi connectivity index (χ2n) is 7.98. The lowest BCUT2D eigenvalue weighted by Gasteiger charge is -2.23. The van der Waals surface area contributed by atoms with Crippen LogP contribution < -0.4 is 5.56 Å². The summed E-state index contributed by atoms with van der Waals surface area (Å²) in [5, 5.41) is 9.79. The molecule has 2 aromatic carbocycles. The number of thioether (sulfide) groups is 2. The topological polar surface area (TPSA) is 97.0 Å². The lowest BCUT2D eigenvalue weighted by Crippen LogP contribution is -2.31. The van der Waals surface area contributed by atoms with Crippen LogP contribution in [0.4, 0.5) is 0 Å². The molecule has 0 amide bonds. The smallest absolute Gasteiger partial charge is 0.269 e. The van der Waals surface area contributed by atoms with E-state index in [2.05, 4.69) is 0 Å². The average Bonchev–Trinajstić information content (AvgIpc) is 2.91. The van der Waals surface area contributed by atoms with E-state index in [-0.39, 0.29) is 42.1 Å². The monoisotopic (exact) mass is 518 g/mol. The first kappa shape index (κ1) is 27.2. The highest BCUT2D eigenvalue weighted by molar-refractivity contribution is 7.98. The zero-order chi connectivity index (χ0) is 26.2. The number of Topliss-reactive ketones (excluding diaryl/α,β-unsaturated/α-hetero) is 2. The van der Waals surface area contributed by atoms with Crippen LogP contribution in [0.15, 0.2) is 69.2 Å². The number of benzene rings is 2. The van der Waals surface area contributed by atoms with Gasteiger partial charge in [0.25, 0.3) is 5.56 Å². The van der Waals surface area contributed by atoms with Crippen molar-refractivity contribution >= 4 is 41.4 Å². The predicted octanol–water partition coefficient (Wildman–Crippen LogP) is 5.37. The number of hydrogen-bond donors (Lipinski definition) is 0. The second-order valence-corrected chi connectivity index (χ2v) is 9.71. The number of rotatable bonds is 11. The largest absolute Gasteiger partial charge is 0.306 e. The van der Waals surface area contributed by atoms with Gasteiger partial charge in [0.05, 0.1) is 18.0 Å². The number of pyridine rings is 1. The number of hydrogen-bond acceptors (Lipinski definition) is 7. The van der Waals surface area contributed by atoms with Crippen molar-refractivity contribution < 1.29 is 14.4 Å². The van der Waals surface area contributed by atoms with Gasteiger partial charge in [0, 0.05) is 28.3 Å². The fraction of sp³-hybridized carbons (Fsp3) is 0.250. The Morgan fingerprint density at radius 2 is 1.78 bits per heavy atom. The number of nitrogens with zero attached hydrogens (tertiary/aromatic N) is 2. The van der Waals surface area contributed by atoms with Gasteiger partial charge in [0.15, 0.2) is 5.78 Å². The summed E-state index contributed by atoms with van der Waals surface area (Å²) >= 11 is 3.04. The van der Waals surface area contributed by atoms with Gasteiger partial charge in [-0.2, -0.15) is 5.26 Å². The van der Waals surface area contributed by atoms with Gasteiger partial charge in [0.1, 0.15) is 23.7 Å². The van der Waals surface area contributed by atoms with Gasteiger partial charge >= 0.3 is 0 Å². The third-order valence-corrected chi connectivity index (χ3v) is 7.53. The summed E-state index contributed by atoms with van der Waals surface area (Å²) in [6.07, 6.45) is 4.26. The lowest BCUT2D eigenvalue weighted by molar-refractivity contribution is -0.123. The Hall–Kier alpha value is -3.41. The minimum absolute atomic E-state index is 0.0715. The zero-order valence-electron chi connectivity index (χ0n) is 20.3. The number of carbonyl (C=O) groups is 3. The maximum absolute atomic E-state index is 13.7. The highest BCUT2D eigenvalue weighted by atomic mass is 32.2. The van der Waals surface area contributed by atoms with E-state index < -0.39 is 11.5 Å². The minimum atomic E-state index is -0.792. The summed E-state index contributed by atoms with van der Waals surface area (Å²) in [7, 11) is 0. The molecule has 0 fully saturated rings. The van der Waals surface area contributed by atoms with E-state index in [0.717, 1.165) is 9.79 Å². The molecule has 3 aromatic rings. The van der Waals surface area contributed by atoms with Crippen LogP contribution in [-0.4, -0.2) is 34.9 Å². The number of aldehydes is 1. The van der Waals surface area contributed by atoms with Gasteiger partial charge in [-0.15, -0.1) is 23.5 Å². The second kappa shape index (κ2) is 12.5. The zero-order valence-corrected chi connectivity index (χ0v) is 21.9. The van der Waals surface area contributed by atoms with Crippen LogP contribution in [0.3, 0.4) is 0 Å². The fourth-order valence-corrected chi connectivity index (χ4v) is 5.15. The molecule has 1 aromatic heterocycles. The molecule has 0 aliphatic rings. The SMILES string of the molecule is CCC(=O)c1cc(-c2ccc(SC)cc2)n(CC(C(=O)CC=O)c2ccccc2SC)c(=O)c1C#N. The van der Waals surface area contributed by atoms with E-state index >= 15 is 0 Å². The van der Waals surface area contributed by atoms with Crippen molar-refractivity contribution in [3.05, 3.63) is 81.6 Å². The highest BCUT2D eigenvalue weighted by Gasteiger charge is 2.27.